The lowest BCUT2D eigenvalue weighted by molar-refractivity contribution is -0.659. The molecule has 0 aliphatic heterocycles. The molecule has 4 rings (SSSR count). The lowest BCUT2D eigenvalue weighted by atomic mass is 10.0. The molecule has 0 atom stereocenters. The molecule has 0 fully saturated rings. The van der Waals surface area contributed by atoms with Crippen molar-refractivity contribution in [2.45, 2.75) is 6.92 Å². The van der Waals surface area contributed by atoms with Crippen molar-refractivity contribution in [2.24, 2.45) is 14.1 Å². The highest BCUT2D eigenvalue weighted by Crippen LogP contribution is 2.33. The van der Waals surface area contributed by atoms with Crippen LogP contribution < -0.4 is 4.57 Å². The van der Waals surface area contributed by atoms with Crippen molar-refractivity contribution in [2.75, 3.05) is 0 Å². The van der Waals surface area contributed by atoms with Gasteiger partial charge in [-0.3, -0.25) is 0 Å². The second kappa shape index (κ2) is 4.68. The molecule has 0 amide bonds. The predicted molar refractivity (Wildman–Crippen MR) is 86.6 cm³/mol. The smallest absolute Gasteiger partial charge is 0.288 e. The Morgan fingerprint density at radius 1 is 1.26 bits per heavy atom. The molecule has 23 heavy (non-hydrogen) atoms. The Morgan fingerprint density at radius 2 is 2.09 bits per heavy atom. The molecule has 1 aromatic carbocycles. The van der Waals surface area contributed by atoms with E-state index >= 15 is 0 Å². The SMILES string of the molecule is Cc1cc2c(cc1-c1n(C)cc[n+]1C)oc1nc(C#N)ccc12. The molecule has 5 nitrogen and oxygen atoms in total. The summed E-state index contributed by atoms with van der Waals surface area (Å²) in [5.74, 6) is 1.11. The Bertz CT molecular complexity index is 1090. The Hall–Kier alpha value is -3.13. The van der Waals surface area contributed by atoms with Gasteiger partial charge in [0.25, 0.3) is 5.82 Å². The van der Waals surface area contributed by atoms with Gasteiger partial charge in [0.1, 0.15) is 29.7 Å². The van der Waals surface area contributed by atoms with E-state index in [4.69, 9.17) is 9.68 Å². The number of benzene rings is 1. The maximum absolute atomic E-state index is 8.99. The van der Waals surface area contributed by atoms with Gasteiger partial charge in [-0.1, -0.05) is 0 Å². The topological polar surface area (TPSA) is 58.6 Å². The zero-order chi connectivity index (χ0) is 16.1. The average Bonchev–Trinajstić information content (AvgIpc) is 3.05. The van der Waals surface area contributed by atoms with Crippen molar-refractivity contribution in [3.05, 3.63) is 47.9 Å². The molecule has 0 aliphatic carbocycles. The summed E-state index contributed by atoms with van der Waals surface area (Å²) in [6.07, 6.45) is 4.05. The summed E-state index contributed by atoms with van der Waals surface area (Å²) in [5, 5.41) is 10.9. The lowest BCUT2D eigenvalue weighted by Crippen LogP contribution is -2.29. The predicted octanol–water partition coefficient (Wildman–Crippen LogP) is 2.99. The summed E-state index contributed by atoms with van der Waals surface area (Å²) in [6, 6.07) is 9.83. The van der Waals surface area contributed by atoms with Gasteiger partial charge in [-0.25, -0.2) is 14.1 Å². The second-order valence-corrected chi connectivity index (χ2v) is 5.77. The van der Waals surface area contributed by atoms with Crippen LogP contribution in [-0.2, 0) is 14.1 Å². The van der Waals surface area contributed by atoms with Gasteiger partial charge in [0.05, 0.1) is 19.7 Å². The van der Waals surface area contributed by atoms with Crippen LogP contribution in [-0.4, -0.2) is 9.55 Å². The van der Waals surface area contributed by atoms with Crippen LogP contribution in [0.2, 0.25) is 0 Å². The van der Waals surface area contributed by atoms with Crippen LogP contribution in [0.15, 0.2) is 41.1 Å². The van der Waals surface area contributed by atoms with E-state index in [1.54, 1.807) is 6.07 Å². The van der Waals surface area contributed by atoms with Gasteiger partial charge in [-0.15, -0.1) is 0 Å². The van der Waals surface area contributed by atoms with Crippen molar-refractivity contribution in [3.63, 3.8) is 0 Å². The Morgan fingerprint density at radius 3 is 2.78 bits per heavy atom. The van der Waals surface area contributed by atoms with Crippen molar-refractivity contribution >= 4 is 22.1 Å². The molecule has 4 aromatic rings. The van der Waals surface area contributed by atoms with Gasteiger partial charge >= 0.3 is 0 Å². The number of furan rings is 1. The third kappa shape index (κ3) is 1.92. The molecule has 3 aromatic heterocycles. The number of nitriles is 1. The van der Waals surface area contributed by atoms with E-state index in [1.165, 1.54) is 5.56 Å². The normalized spacial score (nSPS) is 11.2. The highest BCUT2D eigenvalue weighted by molar-refractivity contribution is 6.05. The molecule has 3 heterocycles. The number of pyridine rings is 1. The van der Waals surface area contributed by atoms with Crippen LogP contribution in [0.1, 0.15) is 11.3 Å². The van der Waals surface area contributed by atoms with E-state index in [0.29, 0.717) is 11.4 Å². The fourth-order valence-corrected chi connectivity index (χ4v) is 3.08. The number of imidazole rings is 1. The standard InChI is InChI=1S/C18H15N4O/c1-11-8-15-13-5-4-12(10-19)20-17(13)23-16(15)9-14(11)18-21(2)6-7-22(18)3/h4-9H,1-3H3/q+1. The number of rotatable bonds is 1. The zero-order valence-electron chi connectivity index (χ0n) is 13.2. The first-order valence-electron chi connectivity index (χ1n) is 7.34. The van der Waals surface area contributed by atoms with Crippen LogP contribution in [0.25, 0.3) is 33.5 Å². The molecule has 112 valence electrons. The van der Waals surface area contributed by atoms with E-state index in [9.17, 15) is 0 Å². The molecule has 0 saturated heterocycles. The van der Waals surface area contributed by atoms with Crippen LogP contribution in [0, 0.1) is 18.3 Å². The number of aromatic nitrogens is 3. The first-order valence-corrected chi connectivity index (χ1v) is 7.34. The Labute approximate surface area is 133 Å². The number of hydrogen-bond acceptors (Lipinski definition) is 3. The first-order chi connectivity index (χ1) is 11.1. The van der Waals surface area contributed by atoms with Crippen LogP contribution in [0.4, 0.5) is 0 Å². The van der Waals surface area contributed by atoms with Crippen molar-refractivity contribution < 1.29 is 8.98 Å². The van der Waals surface area contributed by atoms with Gasteiger partial charge in [-0.2, -0.15) is 5.26 Å². The first kappa shape index (κ1) is 13.5. The minimum absolute atomic E-state index is 0.363. The molecule has 0 aliphatic rings. The Kier molecular flexibility index (Phi) is 2.75. The summed E-state index contributed by atoms with van der Waals surface area (Å²) in [5.41, 5.74) is 3.94. The van der Waals surface area contributed by atoms with E-state index in [2.05, 4.69) is 27.1 Å². The van der Waals surface area contributed by atoms with E-state index < -0.39 is 0 Å². The molecule has 0 radical (unpaired) electrons. The fourth-order valence-electron chi connectivity index (χ4n) is 3.08. The molecule has 5 heteroatoms. The lowest BCUT2D eigenvalue weighted by Gasteiger charge is -2.03. The van der Waals surface area contributed by atoms with Gasteiger partial charge in [0.2, 0.25) is 5.71 Å². The Balaban J connectivity index is 2.04. The minimum Gasteiger partial charge on any atom is -0.438 e. The largest absolute Gasteiger partial charge is 0.438 e. The van der Waals surface area contributed by atoms with Crippen molar-refractivity contribution in [1.82, 2.24) is 9.55 Å². The number of fused-ring (bicyclic) bond motifs is 3. The van der Waals surface area contributed by atoms with Gasteiger partial charge in [-0.05, 0) is 36.8 Å². The molecular formula is C18H15N4O+. The molecular weight excluding hydrogens is 288 g/mol. The van der Waals surface area contributed by atoms with Crippen LogP contribution in [0.5, 0.6) is 0 Å². The number of aryl methyl sites for hydroxylation is 3. The number of hydrogen-bond donors (Lipinski definition) is 0. The zero-order valence-corrected chi connectivity index (χ0v) is 13.2. The van der Waals surface area contributed by atoms with Crippen molar-refractivity contribution in [3.8, 4) is 17.5 Å². The fraction of sp³-hybridized carbons (Fsp3) is 0.167. The van der Waals surface area contributed by atoms with E-state index in [0.717, 1.165) is 27.7 Å². The minimum atomic E-state index is 0.363. The monoisotopic (exact) mass is 303 g/mol. The maximum atomic E-state index is 8.99. The average molecular weight is 303 g/mol. The summed E-state index contributed by atoms with van der Waals surface area (Å²) < 4.78 is 10.1. The molecule has 0 spiro atoms. The molecule has 0 unspecified atom stereocenters. The summed E-state index contributed by atoms with van der Waals surface area (Å²) in [4.78, 5) is 4.25. The van der Waals surface area contributed by atoms with Crippen LogP contribution in [0.3, 0.4) is 0 Å². The molecule has 0 bridgehead atoms. The number of nitrogens with zero attached hydrogens (tertiary/aromatic N) is 4. The maximum Gasteiger partial charge on any atom is 0.288 e. The molecule has 0 saturated carbocycles. The third-order valence-electron chi connectivity index (χ3n) is 4.22. The van der Waals surface area contributed by atoms with Gasteiger partial charge in [0.15, 0.2) is 0 Å². The molecule has 0 N–H and O–H groups in total. The van der Waals surface area contributed by atoms with E-state index in [-0.39, 0.29) is 0 Å². The summed E-state index contributed by atoms with van der Waals surface area (Å²) in [6.45, 7) is 2.09. The van der Waals surface area contributed by atoms with Crippen molar-refractivity contribution in [1.29, 1.82) is 5.26 Å². The van der Waals surface area contributed by atoms with E-state index in [1.807, 2.05) is 44.7 Å². The summed E-state index contributed by atoms with van der Waals surface area (Å²) >= 11 is 0. The second-order valence-electron chi connectivity index (χ2n) is 5.77. The quantitative estimate of drug-likeness (QED) is 0.508. The summed E-state index contributed by atoms with van der Waals surface area (Å²) in [7, 11) is 4.05. The third-order valence-corrected chi connectivity index (χ3v) is 4.22. The highest BCUT2D eigenvalue weighted by atomic mass is 16.3. The van der Waals surface area contributed by atoms with Gasteiger partial charge in [0, 0.05) is 10.8 Å². The highest BCUT2D eigenvalue weighted by Gasteiger charge is 2.19. The van der Waals surface area contributed by atoms with Gasteiger partial charge < -0.3 is 4.42 Å². The van der Waals surface area contributed by atoms with Crippen LogP contribution >= 0.6 is 0 Å².